The monoisotopic (exact) mass is 336 g/mol. The third-order valence-corrected chi connectivity index (χ3v) is 4.50. The number of fused-ring (bicyclic) bond motifs is 1. The highest BCUT2D eigenvalue weighted by atomic mass is 19.1. The summed E-state index contributed by atoms with van der Waals surface area (Å²) in [7, 11) is 0. The Kier molecular flexibility index (Phi) is 5.10. The first-order chi connectivity index (χ1) is 12.0. The summed E-state index contributed by atoms with van der Waals surface area (Å²) >= 11 is 0. The standard InChI is InChI=1S/C21H21FN2O/c1-14(17-10-9-16-6-2-3-7-18(16)12-17)20(23)21(25)24-13-15-5-4-8-19(22)11-15/h2-12,14,20H,13,23H2,1H3,(H,24,25). The summed E-state index contributed by atoms with van der Waals surface area (Å²) in [5, 5.41) is 5.06. The first-order valence-electron chi connectivity index (χ1n) is 8.31. The fraction of sp³-hybridized carbons (Fsp3) is 0.190. The lowest BCUT2D eigenvalue weighted by atomic mass is 9.91. The molecule has 128 valence electrons. The van der Waals surface area contributed by atoms with Gasteiger partial charge in [-0.25, -0.2) is 4.39 Å². The van der Waals surface area contributed by atoms with E-state index < -0.39 is 6.04 Å². The number of hydrogen-bond acceptors (Lipinski definition) is 2. The second-order valence-electron chi connectivity index (χ2n) is 6.27. The van der Waals surface area contributed by atoms with Crippen LogP contribution in [0.15, 0.2) is 66.7 Å². The smallest absolute Gasteiger partial charge is 0.237 e. The van der Waals surface area contributed by atoms with Crippen molar-refractivity contribution in [3.05, 3.63) is 83.7 Å². The summed E-state index contributed by atoms with van der Waals surface area (Å²) in [5.41, 5.74) is 7.87. The van der Waals surface area contributed by atoms with Gasteiger partial charge in [0.25, 0.3) is 0 Å². The van der Waals surface area contributed by atoms with Gasteiger partial charge in [-0.1, -0.05) is 61.5 Å². The Labute approximate surface area is 146 Å². The van der Waals surface area contributed by atoms with Crippen LogP contribution in [0.1, 0.15) is 24.0 Å². The Morgan fingerprint density at radius 2 is 1.80 bits per heavy atom. The van der Waals surface area contributed by atoms with Crippen molar-refractivity contribution < 1.29 is 9.18 Å². The molecule has 25 heavy (non-hydrogen) atoms. The molecule has 0 aromatic heterocycles. The zero-order valence-corrected chi connectivity index (χ0v) is 14.1. The first-order valence-corrected chi connectivity index (χ1v) is 8.31. The molecule has 3 aromatic rings. The van der Waals surface area contributed by atoms with Gasteiger partial charge in [-0.3, -0.25) is 4.79 Å². The molecule has 0 heterocycles. The van der Waals surface area contributed by atoms with E-state index >= 15 is 0 Å². The van der Waals surface area contributed by atoms with Crippen molar-refractivity contribution in [1.82, 2.24) is 5.32 Å². The summed E-state index contributed by atoms with van der Waals surface area (Å²) < 4.78 is 13.2. The molecule has 0 spiro atoms. The number of carbonyl (C=O) groups is 1. The average Bonchev–Trinajstić information content (AvgIpc) is 2.64. The molecule has 0 radical (unpaired) electrons. The number of nitrogens with one attached hydrogen (secondary N) is 1. The number of amides is 1. The lowest BCUT2D eigenvalue weighted by Gasteiger charge is -2.20. The van der Waals surface area contributed by atoms with Crippen LogP contribution in [0.25, 0.3) is 10.8 Å². The highest BCUT2D eigenvalue weighted by Crippen LogP contribution is 2.23. The summed E-state index contributed by atoms with van der Waals surface area (Å²) in [6.45, 7) is 2.20. The molecule has 0 aliphatic rings. The van der Waals surface area contributed by atoms with Gasteiger partial charge >= 0.3 is 0 Å². The summed E-state index contributed by atoms with van der Waals surface area (Å²) in [4.78, 5) is 12.3. The lowest BCUT2D eigenvalue weighted by molar-refractivity contribution is -0.122. The van der Waals surface area contributed by atoms with Crippen molar-refractivity contribution in [1.29, 1.82) is 0 Å². The van der Waals surface area contributed by atoms with E-state index in [4.69, 9.17) is 5.73 Å². The molecule has 0 aliphatic carbocycles. The second kappa shape index (κ2) is 7.45. The zero-order chi connectivity index (χ0) is 17.8. The first kappa shape index (κ1) is 17.1. The minimum Gasteiger partial charge on any atom is -0.351 e. The zero-order valence-electron chi connectivity index (χ0n) is 14.1. The number of nitrogens with two attached hydrogens (primary N) is 1. The van der Waals surface area contributed by atoms with Crippen LogP contribution in [-0.4, -0.2) is 11.9 Å². The quantitative estimate of drug-likeness (QED) is 0.746. The van der Waals surface area contributed by atoms with Crippen molar-refractivity contribution in [2.24, 2.45) is 5.73 Å². The number of benzene rings is 3. The van der Waals surface area contributed by atoms with E-state index in [2.05, 4.69) is 17.4 Å². The van der Waals surface area contributed by atoms with E-state index in [0.29, 0.717) is 5.56 Å². The van der Waals surface area contributed by atoms with Gasteiger partial charge < -0.3 is 11.1 Å². The van der Waals surface area contributed by atoms with Gasteiger partial charge in [0.05, 0.1) is 6.04 Å². The lowest BCUT2D eigenvalue weighted by Crippen LogP contribution is -2.43. The molecule has 3 rings (SSSR count). The van der Waals surface area contributed by atoms with Crippen LogP contribution in [0.2, 0.25) is 0 Å². The summed E-state index contributed by atoms with van der Waals surface area (Å²) in [6, 6.07) is 19.7. The Morgan fingerprint density at radius 1 is 1.04 bits per heavy atom. The topological polar surface area (TPSA) is 55.1 Å². The molecule has 3 nitrogen and oxygen atoms in total. The number of halogens is 1. The van der Waals surface area contributed by atoms with E-state index in [9.17, 15) is 9.18 Å². The summed E-state index contributed by atoms with van der Waals surface area (Å²) in [5.74, 6) is -0.692. The molecule has 1 amide bonds. The molecule has 0 saturated heterocycles. The number of hydrogen-bond donors (Lipinski definition) is 2. The number of rotatable bonds is 5. The number of carbonyl (C=O) groups excluding carboxylic acids is 1. The predicted molar refractivity (Wildman–Crippen MR) is 98.6 cm³/mol. The maximum atomic E-state index is 13.2. The largest absolute Gasteiger partial charge is 0.351 e. The highest BCUT2D eigenvalue weighted by Gasteiger charge is 2.22. The molecule has 0 saturated carbocycles. The van der Waals surface area contributed by atoms with E-state index in [0.717, 1.165) is 16.3 Å². The minimum absolute atomic E-state index is 0.128. The molecule has 4 heteroatoms. The normalized spacial score (nSPS) is 13.4. The van der Waals surface area contributed by atoms with Gasteiger partial charge in [0.2, 0.25) is 5.91 Å². The third-order valence-electron chi connectivity index (χ3n) is 4.50. The summed E-state index contributed by atoms with van der Waals surface area (Å²) in [6.07, 6.45) is 0. The van der Waals surface area contributed by atoms with Crippen LogP contribution in [0.5, 0.6) is 0 Å². The van der Waals surface area contributed by atoms with Crippen LogP contribution in [0, 0.1) is 5.82 Å². The van der Waals surface area contributed by atoms with Gasteiger partial charge in [0.15, 0.2) is 0 Å². The van der Waals surface area contributed by atoms with E-state index in [1.807, 2.05) is 37.3 Å². The van der Waals surface area contributed by atoms with E-state index in [1.54, 1.807) is 12.1 Å². The third kappa shape index (κ3) is 4.03. The Hall–Kier alpha value is -2.72. The maximum Gasteiger partial charge on any atom is 0.237 e. The fourth-order valence-electron chi connectivity index (χ4n) is 2.88. The van der Waals surface area contributed by atoms with Crippen LogP contribution in [-0.2, 0) is 11.3 Å². The Morgan fingerprint density at radius 3 is 2.56 bits per heavy atom. The van der Waals surface area contributed by atoms with Gasteiger partial charge in [-0.05, 0) is 34.0 Å². The second-order valence-corrected chi connectivity index (χ2v) is 6.27. The molecule has 0 aliphatic heterocycles. The molecular weight excluding hydrogens is 315 g/mol. The van der Waals surface area contributed by atoms with Crippen molar-refractivity contribution >= 4 is 16.7 Å². The van der Waals surface area contributed by atoms with Crippen LogP contribution in [0.3, 0.4) is 0 Å². The highest BCUT2D eigenvalue weighted by molar-refractivity contribution is 5.85. The predicted octanol–water partition coefficient (Wildman–Crippen LogP) is 3.73. The van der Waals surface area contributed by atoms with Crippen molar-refractivity contribution in [3.63, 3.8) is 0 Å². The van der Waals surface area contributed by atoms with Crippen LogP contribution >= 0.6 is 0 Å². The van der Waals surface area contributed by atoms with Gasteiger partial charge in [-0.15, -0.1) is 0 Å². The molecule has 2 atom stereocenters. The molecule has 2 unspecified atom stereocenters. The average molecular weight is 336 g/mol. The van der Waals surface area contributed by atoms with Crippen molar-refractivity contribution in [2.45, 2.75) is 25.4 Å². The van der Waals surface area contributed by atoms with Crippen LogP contribution in [0.4, 0.5) is 4.39 Å². The maximum absolute atomic E-state index is 13.2. The molecular formula is C21H21FN2O. The van der Waals surface area contributed by atoms with E-state index in [-0.39, 0.29) is 24.2 Å². The molecule has 0 bridgehead atoms. The minimum atomic E-state index is -0.672. The van der Waals surface area contributed by atoms with E-state index in [1.165, 1.54) is 12.1 Å². The molecule has 3 aromatic carbocycles. The molecule has 0 fully saturated rings. The van der Waals surface area contributed by atoms with Crippen molar-refractivity contribution in [3.8, 4) is 0 Å². The van der Waals surface area contributed by atoms with Crippen LogP contribution < -0.4 is 11.1 Å². The Bertz CT molecular complexity index is 894. The SMILES string of the molecule is CC(c1ccc2ccccc2c1)C(N)C(=O)NCc1cccc(F)c1. The van der Waals surface area contributed by atoms with Gasteiger partial charge in [0, 0.05) is 12.5 Å². The van der Waals surface area contributed by atoms with Gasteiger partial charge in [-0.2, -0.15) is 0 Å². The van der Waals surface area contributed by atoms with Crippen molar-refractivity contribution in [2.75, 3.05) is 0 Å². The Balaban J connectivity index is 1.67. The molecule has 3 N–H and O–H groups in total. The van der Waals surface area contributed by atoms with Gasteiger partial charge in [0.1, 0.15) is 5.82 Å². The fourth-order valence-corrected chi connectivity index (χ4v) is 2.88.